The molecular formula is C29H34F3N5O7S. The van der Waals surface area contributed by atoms with Gasteiger partial charge in [-0.3, -0.25) is 14.7 Å². The third-order valence-electron chi connectivity index (χ3n) is 7.48. The van der Waals surface area contributed by atoms with E-state index in [1.54, 1.807) is 26.0 Å². The average Bonchev–Trinajstić information content (AvgIpc) is 3.28. The van der Waals surface area contributed by atoms with Gasteiger partial charge in [0, 0.05) is 36.3 Å². The fourth-order valence-corrected chi connectivity index (χ4v) is 6.43. The number of piperidine rings is 1. The summed E-state index contributed by atoms with van der Waals surface area (Å²) in [7, 11) is -3.91. The number of aryl methyl sites for hydroxylation is 2. The first kappa shape index (κ1) is 33.9. The van der Waals surface area contributed by atoms with Crippen LogP contribution in [0.15, 0.2) is 46.8 Å². The summed E-state index contributed by atoms with van der Waals surface area (Å²) >= 11 is 0. The Morgan fingerprint density at radius 2 is 1.82 bits per heavy atom. The number of hydrogen-bond acceptors (Lipinski definition) is 8. The number of aliphatic imine (C=N–C) groups is 1. The first-order valence-corrected chi connectivity index (χ1v) is 15.5. The molecule has 1 spiro atoms. The molecule has 0 bridgehead atoms. The number of hydrogen-bond donors (Lipinski definition) is 4. The van der Waals surface area contributed by atoms with Crippen LogP contribution in [0.25, 0.3) is 6.08 Å². The lowest BCUT2D eigenvalue weighted by molar-refractivity contribution is -0.274. The molecule has 0 aliphatic carbocycles. The topological polar surface area (TPSA) is 161 Å². The molecule has 0 atom stereocenters. The normalized spacial score (nSPS) is 17.0. The molecule has 4 N–H and O–H groups in total. The number of anilines is 1. The molecule has 45 heavy (non-hydrogen) atoms. The number of nitrogens with one attached hydrogen (secondary N) is 2. The fourth-order valence-electron chi connectivity index (χ4n) is 5.26. The lowest BCUT2D eigenvalue weighted by atomic mass is 9.89. The maximum Gasteiger partial charge on any atom is 0.573 e. The zero-order chi connectivity index (χ0) is 33.0. The van der Waals surface area contributed by atoms with E-state index in [4.69, 9.17) is 5.11 Å². The Labute approximate surface area is 258 Å². The van der Waals surface area contributed by atoms with E-state index in [-0.39, 0.29) is 63.6 Å². The van der Waals surface area contributed by atoms with Crippen molar-refractivity contribution in [1.82, 2.24) is 14.9 Å². The molecule has 0 radical (unpaired) electrons. The number of benzene rings is 2. The maximum absolute atomic E-state index is 13.2. The van der Waals surface area contributed by atoms with Crippen LogP contribution in [0.1, 0.15) is 35.1 Å². The molecule has 244 valence electrons. The third-order valence-corrected chi connectivity index (χ3v) is 9.05. The van der Waals surface area contributed by atoms with E-state index in [2.05, 4.69) is 20.4 Å². The Hall–Kier alpha value is -3.99. The highest BCUT2D eigenvalue weighted by Crippen LogP contribution is 2.33. The number of amides is 3. The number of amidine groups is 1. The number of alkyl halides is 3. The molecule has 12 nitrogen and oxygen atoms in total. The Balaban J connectivity index is 1.46. The van der Waals surface area contributed by atoms with Crippen LogP contribution in [0.3, 0.4) is 0 Å². The van der Waals surface area contributed by atoms with Crippen molar-refractivity contribution in [3.05, 3.63) is 64.1 Å². The lowest BCUT2D eigenvalue weighted by Crippen LogP contribution is -2.50. The van der Waals surface area contributed by atoms with Crippen LogP contribution in [0.2, 0.25) is 0 Å². The molecule has 1 fully saturated rings. The number of ether oxygens (including phenoxy) is 1. The number of carbonyl (C=O) groups is 2. The summed E-state index contributed by atoms with van der Waals surface area (Å²) < 4.78 is 69.6. The highest BCUT2D eigenvalue weighted by atomic mass is 32.2. The zero-order valence-electron chi connectivity index (χ0n) is 24.6. The number of urea groups is 1. The van der Waals surface area contributed by atoms with E-state index in [0.717, 1.165) is 17.5 Å². The number of sulfonamides is 1. The highest BCUT2D eigenvalue weighted by molar-refractivity contribution is 7.92. The van der Waals surface area contributed by atoms with Crippen molar-refractivity contribution in [2.24, 2.45) is 4.99 Å². The SMILES string of the molecule is Cc1cc(N(CCO)C(=O)NCCO)cc(C)c1C=CS(=O)(=O)N1CCC2(CC1)N=C(c1cccc(OC(F)(F)F)c1)NC2=O. The summed E-state index contributed by atoms with van der Waals surface area (Å²) in [5.74, 6) is -0.836. The molecule has 2 aromatic rings. The van der Waals surface area contributed by atoms with Crippen molar-refractivity contribution in [1.29, 1.82) is 0 Å². The van der Waals surface area contributed by atoms with Crippen LogP contribution in [0.4, 0.5) is 23.7 Å². The second-order valence-corrected chi connectivity index (χ2v) is 12.4. The molecule has 0 unspecified atom stereocenters. The van der Waals surface area contributed by atoms with Crippen LogP contribution in [0, 0.1) is 13.8 Å². The molecule has 2 aromatic carbocycles. The third kappa shape index (κ3) is 8.00. The lowest BCUT2D eigenvalue weighted by Gasteiger charge is -2.34. The maximum atomic E-state index is 13.2. The molecule has 2 aliphatic heterocycles. The Bertz CT molecular complexity index is 1580. The molecule has 0 saturated carbocycles. The van der Waals surface area contributed by atoms with Crippen LogP contribution in [0.5, 0.6) is 5.75 Å². The van der Waals surface area contributed by atoms with Crippen molar-refractivity contribution in [3.63, 3.8) is 0 Å². The quantitative estimate of drug-likeness (QED) is 0.306. The van der Waals surface area contributed by atoms with Crippen molar-refractivity contribution < 1.29 is 46.1 Å². The number of rotatable bonds is 10. The van der Waals surface area contributed by atoms with E-state index < -0.39 is 39.6 Å². The Kier molecular flexibility index (Phi) is 10.2. The summed E-state index contributed by atoms with van der Waals surface area (Å²) in [6, 6.07) is 7.96. The van der Waals surface area contributed by atoms with Crippen molar-refractivity contribution >= 4 is 39.6 Å². The smallest absolute Gasteiger partial charge is 0.406 e. The number of nitrogens with zero attached hydrogens (tertiary/aromatic N) is 3. The number of aliphatic hydroxyl groups excluding tert-OH is 2. The van der Waals surface area contributed by atoms with Gasteiger partial charge in [-0.1, -0.05) is 12.1 Å². The van der Waals surface area contributed by atoms with Gasteiger partial charge in [0.25, 0.3) is 5.91 Å². The van der Waals surface area contributed by atoms with Crippen LogP contribution in [-0.4, -0.2) is 92.0 Å². The van der Waals surface area contributed by atoms with Gasteiger partial charge in [0.2, 0.25) is 10.0 Å². The zero-order valence-corrected chi connectivity index (χ0v) is 25.4. The Morgan fingerprint density at radius 1 is 1.16 bits per heavy atom. The van der Waals surface area contributed by atoms with E-state index in [9.17, 15) is 36.3 Å². The molecule has 0 aromatic heterocycles. The molecule has 2 heterocycles. The standard InChI is InChI=1S/C29H34F3N5O7S/c1-19-16-22(37(12-14-39)27(41)33-9-13-38)17-20(2)24(19)6-15-45(42,43)36-10-7-28(8-11-36)26(40)34-25(35-28)21-4-3-5-23(18-21)44-29(30,31)32/h3-6,15-18,38-39H,7-14H2,1-2H3,(H,33,41)(H,34,35,40). The van der Waals surface area contributed by atoms with Gasteiger partial charge in [-0.25, -0.2) is 13.2 Å². The number of carbonyl (C=O) groups excluding carboxylic acids is 2. The van der Waals surface area contributed by atoms with E-state index >= 15 is 0 Å². The minimum atomic E-state index is -4.88. The van der Waals surface area contributed by atoms with E-state index in [1.807, 2.05) is 0 Å². The summed E-state index contributed by atoms with van der Waals surface area (Å²) in [5, 5.41) is 24.7. The summed E-state index contributed by atoms with van der Waals surface area (Å²) in [6.45, 7) is 3.02. The average molecular weight is 654 g/mol. The summed E-state index contributed by atoms with van der Waals surface area (Å²) in [6.07, 6.45) is -3.28. The van der Waals surface area contributed by atoms with E-state index in [0.29, 0.717) is 22.4 Å². The molecule has 4 rings (SSSR count). The predicted molar refractivity (Wildman–Crippen MR) is 160 cm³/mol. The van der Waals surface area contributed by atoms with Crippen LogP contribution in [-0.2, 0) is 14.8 Å². The monoisotopic (exact) mass is 653 g/mol. The Morgan fingerprint density at radius 3 is 2.42 bits per heavy atom. The van der Waals surface area contributed by atoms with Gasteiger partial charge >= 0.3 is 12.4 Å². The second-order valence-electron chi connectivity index (χ2n) is 10.6. The second kappa shape index (κ2) is 13.6. The minimum Gasteiger partial charge on any atom is -0.406 e. The fraction of sp³-hybridized carbons (Fsp3) is 0.414. The number of halogens is 3. The summed E-state index contributed by atoms with van der Waals surface area (Å²) in [5.41, 5.74) is 1.45. The van der Waals surface area contributed by atoms with Gasteiger partial charge < -0.3 is 25.6 Å². The molecule has 3 amide bonds. The van der Waals surface area contributed by atoms with Gasteiger partial charge in [-0.15, -0.1) is 13.2 Å². The molecular weight excluding hydrogens is 619 g/mol. The minimum absolute atomic E-state index is 0.00985. The van der Waals surface area contributed by atoms with Crippen molar-refractivity contribution in [2.75, 3.05) is 44.3 Å². The summed E-state index contributed by atoms with van der Waals surface area (Å²) in [4.78, 5) is 31.2. The first-order valence-electron chi connectivity index (χ1n) is 14.0. The van der Waals surface area contributed by atoms with Gasteiger partial charge in [0.1, 0.15) is 17.1 Å². The van der Waals surface area contributed by atoms with Gasteiger partial charge in [0.05, 0.1) is 19.8 Å². The van der Waals surface area contributed by atoms with Crippen molar-refractivity contribution in [2.45, 2.75) is 38.6 Å². The van der Waals surface area contributed by atoms with Gasteiger partial charge in [-0.2, -0.15) is 4.31 Å². The van der Waals surface area contributed by atoms with E-state index in [1.165, 1.54) is 27.4 Å². The predicted octanol–water partition coefficient (Wildman–Crippen LogP) is 2.41. The van der Waals surface area contributed by atoms with Gasteiger partial charge in [-0.05, 0) is 73.7 Å². The molecule has 2 aliphatic rings. The van der Waals surface area contributed by atoms with Gasteiger partial charge in [0.15, 0.2) is 0 Å². The highest BCUT2D eigenvalue weighted by Gasteiger charge is 2.47. The molecule has 1 saturated heterocycles. The molecule has 16 heteroatoms. The van der Waals surface area contributed by atoms with Crippen molar-refractivity contribution in [3.8, 4) is 5.75 Å². The largest absolute Gasteiger partial charge is 0.573 e. The van der Waals surface area contributed by atoms with Crippen LogP contribution < -0.4 is 20.3 Å². The van der Waals surface area contributed by atoms with Crippen LogP contribution >= 0.6 is 0 Å². The number of aliphatic hydroxyl groups is 2. The first-order chi connectivity index (χ1) is 21.2.